The summed E-state index contributed by atoms with van der Waals surface area (Å²) < 4.78 is 26.9. The monoisotopic (exact) mass is 1070 g/mol. The van der Waals surface area contributed by atoms with Gasteiger partial charge in [0.1, 0.15) is 23.0 Å². The van der Waals surface area contributed by atoms with E-state index in [0.29, 0.717) is 47.2 Å². The van der Waals surface area contributed by atoms with Gasteiger partial charge in [-0.15, -0.1) is 13.2 Å². The number of benzene rings is 8. The summed E-state index contributed by atoms with van der Waals surface area (Å²) in [7, 11) is 0. The Morgan fingerprint density at radius 2 is 0.802 bits per heavy atom. The van der Waals surface area contributed by atoms with Gasteiger partial charge in [-0.3, -0.25) is 0 Å². The Kier molecular flexibility index (Phi) is 13.2. The number of aryl methyl sites for hydroxylation is 2. The first-order chi connectivity index (χ1) is 39.2. The molecule has 2 spiro atoms. The molecule has 2 unspecified atom stereocenters. The molecule has 81 heavy (non-hydrogen) atoms. The minimum Gasteiger partial charge on any atom is -0.456 e. The second-order valence-corrected chi connectivity index (χ2v) is 21.9. The highest BCUT2D eigenvalue weighted by molar-refractivity contribution is 5.98. The normalized spacial score (nSPS) is 16.8. The number of hydrogen-bond donors (Lipinski definition) is 0. The van der Waals surface area contributed by atoms with Gasteiger partial charge in [-0.1, -0.05) is 86.7 Å². The van der Waals surface area contributed by atoms with Gasteiger partial charge >= 0.3 is 11.9 Å². The summed E-state index contributed by atoms with van der Waals surface area (Å²) in [5.41, 5.74) is 13.3. The molecule has 0 aromatic heterocycles. The summed E-state index contributed by atoms with van der Waals surface area (Å²) in [6.45, 7) is 30.1. The second kappa shape index (κ2) is 20.3. The molecule has 12 rings (SSSR count). The van der Waals surface area contributed by atoms with E-state index < -0.39 is 11.2 Å². The number of ether oxygens (including phenoxy) is 4. The van der Waals surface area contributed by atoms with Crippen molar-refractivity contribution in [3.63, 3.8) is 0 Å². The topological polar surface area (TPSA) is 84.0 Å². The maximum absolute atomic E-state index is 13.9. The highest BCUT2D eigenvalue weighted by Gasteiger charge is 2.55. The van der Waals surface area contributed by atoms with E-state index in [4.69, 9.17) is 18.9 Å². The van der Waals surface area contributed by atoms with Crippen LogP contribution >= 0.6 is 0 Å². The Hall–Kier alpha value is -9.02. The maximum atomic E-state index is 13.9. The van der Waals surface area contributed by atoms with Crippen LogP contribution in [0.4, 0.5) is 34.1 Å². The van der Waals surface area contributed by atoms with Crippen LogP contribution in [-0.2, 0) is 26.1 Å². The Bertz CT molecular complexity index is 3590. The van der Waals surface area contributed by atoms with E-state index in [-0.39, 0.29) is 17.4 Å². The summed E-state index contributed by atoms with van der Waals surface area (Å²) in [6, 6.07) is 53.9. The van der Waals surface area contributed by atoms with Crippen molar-refractivity contribution in [3.05, 3.63) is 250 Å². The first-order valence-corrected chi connectivity index (χ1v) is 28.3. The minimum atomic E-state index is -1.22. The largest absolute Gasteiger partial charge is 0.456 e. The number of rotatable bonds is 16. The molecule has 2 atom stereocenters. The Morgan fingerprint density at radius 3 is 1.17 bits per heavy atom. The van der Waals surface area contributed by atoms with Crippen molar-refractivity contribution >= 4 is 46.1 Å². The third-order valence-electron chi connectivity index (χ3n) is 17.3. The molecule has 0 amide bonds. The number of anilines is 6. The van der Waals surface area contributed by atoms with Gasteiger partial charge < -0.3 is 38.5 Å². The van der Waals surface area contributed by atoms with Gasteiger partial charge in [0.05, 0.1) is 11.1 Å². The van der Waals surface area contributed by atoms with Crippen LogP contribution in [0.2, 0.25) is 0 Å². The minimum absolute atomic E-state index is 0.361. The molecule has 10 heteroatoms. The van der Waals surface area contributed by atoms with Gasteiger partial charge in [-0.2, -0.15) is 0 Å². The molecule has 8 aromatic carbocycles. The third-order valence-corrected chi connectivity index (χ3v) is 17.3. The molecule has 0 bridgehead atoms. The third kappa shape index (κ3) is 8.20. The van der Waals surface area contributed by atoms with Crippen molar-refractivity contribution in [3.8, 4) is 23.0 Å². The van der Waals surface area contributed by atoms with Crippen LogP contribution in [0.1, 0.15) is 118 Å². The number of fused-ring (bicyclic) bond motifs is 12. The number of hydrogen-bond acceptors (Lipinski definition) is 10. The van der Waals surface area contributed by atoms with E-state index >= 15 is 0 Å². The van der Waals surface area contributed by atoms with E-state index in [2.05, 4.69) is 197 Å². The smallest absolute Gasteiger partial charge is 0.340 e. The predicted molar refractivity (Wildman–Crippen MR) is 325 cm³/mol. The van der Waals surface area contributed by atoms with Crippen LogP contribution in [0.15, 0.2) is 183 Å². The van der Waals surface area contributed by atoms with Crippen molar-refractivity contribution in [1.29, 1.82) is 0 Å². The van der Waals surface area contributed by atoms with E-state index in [1.807, 2.05) is 60.7 Å². The SMILES string of the molecule is C=CCN(c1ccc(C(C)(C)c2ccc(N(CC=C)c3cc4c(cc3C)Oc3cc(N(CC)CC)ccc3C43OC(=O)c4ccccc43)cc2)cc1)c1cc2c(cc1C)Oc1cc(N(CC)CC)ccc1C21OC(=O)c2ccccc21. The fraction of sp³-hybridized carbons (Fsp3) is 0.239. The Balaban J connectivity index is 0.863. The standard InChI is InChI=1S/C71H68N4O6/c1-11-37-74(61-43-59-63(39-45(61)7)78-65-41-51(72(13-3)14-4)33-35-57(65)70(59)55-23-19-17-21-53(55)67(76)80-70)49-29-25-47(26-30-49)69(9,10)48-27-31-50(32-28-48)75(38-12-2)62-44-60-64(40-46(62)8)79-66-42-52(73(15-5)16-6)34-36-58(66)71(60)56-24-20-18-22-54(56)68(77)81-71/h11-12,17-36,39-44H,1-2,13-16,37-38H2,3-10H3. The first kappa shape index (κ1) is 52.7. The van der Waals surface area contributed by atoms with Crippen molar-refractivity contribution in [2.75, 3.05) is 58.9 Å². The summed E-state index contributed by atoms with van der Waals surface area (Å²) >= 11 is 0. The summed E-state index contributed by atoms with van der Waals surface area (Å²) in [6.07, 6.45) is 3.83. The van der Waals surface area contributed by atoms with Crippen LogP contribution in [0, 0.1) is 13.8 Å². The van der Waals surface area contributed by atoms with Crippen LogP contribution in [0.5, 0.6) is 23.0 Å². The highest BCUT2D eigenvalue weighted by atomic mass is 16.6. The van der Waals surface area contributed by atoms with Gasteiger partial charge in [-0.25, -0.2) is 9.59 Å². The molecule has 4 aliphatic rings. The zero-order chi connectivity index (χ0) is 56.5. The average Bonchev–Trinajstić information content (AvgIpc) is 3.23. The van der Waals surface area contributed by atoms with Gasteiger partial charge in [0, 0.05) is 124 Å². The molecule has 0 saturated carbocycles. The van der Waals surface area contributed by atoms with E-state index in [1.165, 1.54) is 0 Å². The Morgan fingerprint density at radius 1 is 0.444 bits per heavy atom. The number of esters is 2. The van der Waals surface area contributed by atoms with Crippen molar-refractivity contribution in [2.24, 2.45) is 0 Å². The maximum Gasteiger partial charge on any atom is 0.340 e. The molecule has 0 fully saturated rings. The summed E-state index contributed by atoms with van der Waals surface area (Å²) in [4.78, 5) is 36.8. The predicted octanol–water partition coefficient (Wildman–Crippen LogP) is 16.1. The fourth-order valence-corrected chi connectivity index (χ4v) is 13.0. The summed E-state index contributed by atoms with van der Waals surface area (Å²) in [5, 5.41) is 0. The number of carbonyl (C=O) groups is 2. The molecule has 408 valence electrons. The second-order valence-electron chi connectivity index (χ2n) is 21.9. The lowest BCUT2D eigenvalue weighted by atomic mass is 9.77. The molecule has 10 nitrogen and oxygen atoms in total. The molecular weight excluding hydrogens is 1000 g/mol. The average molecular weight is 1070 g/mol. The van der Waals surface area contributed by atoms with E-state index in [9.17, 15) is 9.59 Å². The van der Waals surface area contributed by atoms with E-state index in [1.54, 1.807) is 0 Å². The first-order valence-electron chi connectivity index (χ1n) is 28.3. The molecule has 0 radical (unpaired) electrons. The molecule has 0 aliphatic carbocycles. The van der Waals surface area contributed by atoms with Gasteiger partial charge in [-0.05, 0) is 149 Å². The molecule has 8 aromatic rings. The molecule has 0 saturated heterocycles. The number of nitrogens with zero attached hydrogens (tertiary/aromatic N) is 4. The zero-order valence-electron chi connectivity index (χ0n) is 47.6. The molecule has 4 aliphatic heterocycles. The lowest BCUT2D eigenvalue weighted by Crippen LogP contribution is -2.34. The molecule has 0 N–H and O–H groups in total. The van der Waals surface area contributed by atoms with Crippen molar-refractivity contribution in [2.45, 2.75) is 72.0 Å². The van der Waals surface area contributed by atoms with E-state index in [0.717, 1.165) is 116 Å². The molecular formula is C71H68N4O6. The van der Waals surface area contributed by atoms with Crippen LogP contribution in [0.3, 0.4) is 0 Å². The van der Waals surface area contributed by atoms with Crippen LogP contribution in [-0.4, -0.2) is 51.2 Å². The van der Waals surface area contributed by atoms with Crippen molar-refractivity contribution < 1.29 is 28.5 Å². The molecule has 4 heterocycles. The highest BCUT2D eigenvalue weighted by Crippen LogP contribution is 2.60. The van der Waals surface area contributed by atoms with Gasteiger partial charge in [0.2, 0.25) is 0 Å². The van der Waals surface area contributed by atoms with Gasteiger partial charge in [0.15, 0.2) is 11.2 Å². The zero-order valence-corrected chi connectivity index (χ0v) is 47.6. The van der Waals surface area contributed by atoms with Gasteiger partial charge in [0.25, 0.3) is 0 Å². The van der Waals surface area contributed by atoms with Crippen LogP contribution in [0.25, 0.3) is 0 Å². The quantitative estimate of drug-likeness (QED) is 0.0689. The fourth-order valence-electron chi connectivity index (χ4n) is 13.0. The lowest BCUT2D eigenvalue weighted by molar-refractivity contribution is 0.0214. The van der Waals surface area contributed by atoms with Crippen LogP contribution < -0.4 is 29.1 Å². The number of carbonyl (C=O) groups excluding carboxylic acids is 2. The van der Waals surface area contributed by atoms with Crippen molar-refractivity contribution in [1.82, 2.24) is 0 Å². The lowest BCUT2D eigenvalue weighted by Gasteiger charge is -2.38. The summed E-state index contributed by atoms with van der Waals surface area (Å²) in [5.74, 6) is 1.92. The Labute approximate surface area is 476 Å².